The van der Waals surface area contributed by atoms with Crippen LogP contribution in [0, 0.1) is 11.3 Å². The lowest BCUT2D eigenvalue weighted by Gasteiger charge is -2.03. The average molecular weight is 392 g/mol. The fourth-order valence-corrected chi connectivity index (χ4v) is 2.95. The predicted octanol–water partition coefficient (Wildman–Crippen LogP) is 3.58. The Morgan fingerprint density at radius 1 is 1.11 bits per heavy atom. The molecule has 0 atom stereocenters. The first kappa shape index (κ1) is 19.2. The molecule has 140 valence electrons. The summed E-state index contributed by atoms with van der Waals surface area (Å²) in [5.74, 6) is -0.909. The van der Waals surface area contributed by atoms with Gasteiger partial charge in [-0.3, -0.25) is 4.79 Å². The monoisotopic (exact) mass is 392 g/mol. The molecule has 0 fully saturated rings. The Hall–Kier alpha value is -3.57. The first-order valence-corrected chi connectivity index (χ1v) is 9.30. The number of benzene rings is 2. The molecule has 0 saturated heterocycles. The predicted molar refractivity (Wildman–Crippen MR) is 104 cm³/mol. The van der Waals surface area contributed by atoms with E-state index in [1.807, 2.05) is 30.3 Å². The summed E-state index contributed by atoms with van der Waals surface area (Å²) >= 11 is 1.06. The Kier molecular flexibility index (Phi) is 6.09. The topological polar surface area (TPSA) is 105 Å². The summed E-state index contributed by atoms with van der Waals surface area (Å²) in [5.41, 5.74) is 2.64. The van der Waals surface area contributed by atoms with Crippen LogP contribution in [0.4, 0.5) is 5.69 Å². The number of rotatable bonds is 6. The van der Waals surface area contributed by atoms with Crippen LogP contribution < -0.4 is 5.32 Å². The van der Waals surface area contributed by atoms with Crippen LogP contribution in [0.2, 0.25) is 0 Å². The van der Waals surface area contributed by atoms with Gasteiger partial charge in [0.15, 0.2) is 5.01 Å². The second-order valence-corrected chi connectivity index (χ2v) is 6.83. The van der Waals surface area contributed by atoms with Gasteiger partial charge in [0, 0.05) is 5.69 Å². The van der Waals surface area contributed by atoms with Gasteiger partial charge < -0.3 is 10.1 Å². The molecule has 7 nitrogen and oxygen atoms in total. The smallest absolute Gasteiger partial charge is 0.338 e. The number of anilines is 1. The summed E-state index contributed by atoms with van der Waals surface area (Å²) in [5, 5.41) is 19.9. The third-order valence-electron chi connectivity index (χ3n) is 3.86. The van der Waals surface area contributed by atoms with Gasteiger partial charge in [-0.25, -0.2) is 4.79 Å². The quantitative estimate of drug-likeness (QED) is 0.643. The van der Waals surface area contributed by atoms with Gasteiger partial charge in [-0.2, -0.15) is 5.26 Å². The number of amides is 1. The summed E-state index contributed by atoms with van der Waals surface area (Å²) in [7, 11) is 0. The molecule has 1 amide bonds. The molecule has 2 aromatic carbocycles. The molecule has 0 radical (unpaired) electrons. The van der Waals surface area contributed by atoms with Crippen molar-refractivity contribution < 1.29 is 14.3 Å². The van der Waals surface area contributed by atoms with Crippen LogP contribution in [0.25, 0.3) is 0 Å². The number of carbonyl (C=O) groups excluding carboxylic acids is 2. The number of aromatic nitrogens is 2. The van der Waals surface area contributed by atoms with E-state index >= 15 is 0 Å². The van der Waals surface area contributed by atoms with E-state index in [2.05, 4.69) is 22.4 Å². The highest BCUT2D eigenvalue weighted by Gasteiger charge is 2.15. The Labute approximate surface area is 165 Å². The maximum atomic E-state index is 12.3. The zero-order valence-corrected chi connectivity index (χ0v) is 15.8. The highest BCUT2D eigenvalue weighted by atomic mass is 32.1. The van der Waals surface area contributed by atoms with E-state index in [9.17, 15) is 9.59 Å². The van der Waals surface area contributed by atoms with Crippen LogP contribution in [0.15, 0.2) is 48.5 Å². The molecule has 3 rings (SSSR count). The maximum Gasteiger partial charge on any atom is 0.338 e. The van der Waals surface area contributed by atoms with Crippen molar-refractivity contribution in [3.05, 3.63) is 75.2 Å². The van der Waals surface area contributed by atoms with E-state index in [0.717, 1.165) is 17.8 Å². The van der Waals surface area contributed by atoms with Crippen molar-refractivity contribution in [1.82, 2.24) is 10.2 Å². The fourth-order valence-electron chi connectivity index (χ4n) is 2.30. The van der Waals surface area contributed by atoms with Gasteiger partial charge in [0.1, 0.15) is 6.61 Å². The summed E-state index contributed by atoms with van der Waals surface area (Å²) in [6, 6.07) is 15.7. The van der Waals surface area contributed by atoms with E-state index in [1.165, 1.54) is 29.8 Å². The number of nitriles is 1. The molecule has 0 aliphatic heterocycles. The molecule has 0 bridgehead atoms. The van der Waals surface area contributed by atoms with E-state index < -0.39 is 5.97 Å². The van der Waals surface area contributed by atoms with Crippen molar-refractivity contribution in [3.63, 3.8) is 0 Å². The lowest BCUT2D eigenvalue weighted by Crippen LogP contribution is -2.11. The largest absolute Gasteiger partial charge is 0.455 e. The van der Waals surface area contributed by atoms with E-state index in [0.29, 0.717) is 21.8 Å². The van der Waals surface area contributed by atoms with Crippen LogP contribution in [-0.2, 0) is 17.8 Å². The molecular weight excluding hydrogens is 376 g/mol. The molecule has 1 aromatic heterocycles. The van der Waals surface area contributed by atoms with Crippen molar-refractivity contribution in [1.29, 1.82) is 5.26 Å². The second-order valence-electron chi connectivity index (χ2n) is 5.77. The minimum Gasteiger partial charge on any atom is -0.455 e. The number of ether oxygens (including phenoxy) is 1. The molecule has 0 aliphatic rings. The minimum atomic E-state index is -0.540. The van der Waals surface area contributed by atoms with Gasteiger partial charge in [-0.05, 0) is 48.4 Å². The Balaban J connectivity index is 1.56. The average Bonchev–Trinajstić information content (AvgIpc) is 3.22. The van der Waals surface area contributed by atoms with Gasteiger partial charge in [0.2, 0.25) is 5.01 Å². The van der Waals surface area contributed by atoms with Crippen LogP contribution in [0.5, 0.6) is 0 Å². The number of esters is 1. The van der Waals surface area contributed by atoms with Gasteiger partial charge in [-0.15, -0.1) is 10.2 Å². The van der Waals surface area contributed by atoms with Gasteiger partial charge in [0.25, 0.3) is 5.91 Å². The van der Waals surface area contributed by atoms with Crippen LogP contribution in [-0.4, -0.2) is 22.1 Å². The van der Waals surface area contributed by atoms with Gasteiger partial charge in [-0.1, -0.05) is 30.4 Å². The lowest BCUT2D eigenvalue weighted by atomic mass is 10.1. The first-order chi connectivity index (χ1) is 13.6. The van der Waals surface area contributed by atoms with E-state index in [4.69, 9.17) is 10.00 Å². The van der Waals surface area contributed by atoms with Crippen molar-refractivity contribution in [2.45, 2.75) is 20.0 Å². The second kappa shape index (κ2) is 8.88. The molecule has 3 aromatic rings. The Bertz CT molecular complexity index is 1020. The highest BCUT2D eigenvalue weighted by Crippen LogP contribution is 2.16. The molecule has 1 N–H and O–H groups in total. The number of carbonyl (C=O) groups is 2. The first-order valence-electron chi connectivity index (χ1n) is 8.49. The summed E-state index contributed by atoms with van der Waals surface area (Å²) in [4.78, 5) is 24.3. The zero-order valence-electron chi connectivity index (χ0n) is 15.0. The molecule has 0 spiro atoms. The van der Waals surface area contributed by atoms with Crippen molar-refractivity contribution in [3.8, 4) is 6.07 Å². The zero-order chi connectivity index (χ0) is 19.9. The molecule has 1 heterocycles. The number of hydrogen-bond donors (Lipinski definition) is 1. The van der Waals surface area contributed by atoms with Crippen LogP contribution in [0.3, 0.4) is 0 Å². The lowest BCUT2D eigenvalue weighted by molar-refractivity contribution is 0.0471. The molecule has 28 heavy (non-hydrogen) atoms. The minimum absolute atomic E-state index is 0.0883. The normalized spacial score (nSPS) is 10.1. The van der Waals surface area contributed by atoms with Gasteiger partial charge >= 0.3 is 5.97 Å². The third-order valence-corrected chi connectivity index (χ3v) is 4.75. The summed E-state index contributed by atoms with van der Waals surface area (Å²) in [6.45, 7) is 1.97. The molecule has 8 heteroatoms. The van der Waals surface area contributed by atoms with Crippen molar-refractivity contribution in [2.75, 3.05) is 5.32 Å². The number of nitrogens with zero attached hydrogens (tertiary/aromatic N) is 3. The Morgan fingerprint density at radius 3 is 2.46 bits per heavy atom. The number of hydrogen-bond acceptors (Lipinski definition) is 7. The Morgan fingerprint density at radius 2 is 1.82 bits per heavy atom. The SMILES string of the molecule is CCc1ccc(NC(=O)c2nnc(COC(=O)c3ccc(C#N)cc3)s2)cc1. The summed E-state index contributed by atoms with van der Waals surface area (Å²) < 4.78 is 5.18. The third kappa shape index (κ3) is 4.78. The standard InChI is InChI=1S/C20H16N4O3S/c1-2-13-5-9-16(10-6-13)22-18(25)19-24-23-17(28-19)12-27-20(26)15-7-3-14(11-21)4-8-15/h3-10H,2,12H2,1H3,(H,22,25). The number of nitrogens with one attached hydrogen (secondary N) is 1. The molecule has 0 saturated carbocycles. The fraction of sp³-hybridized carbons (Fsp3) is 0.150. The van der Waals surface area contributed by atoms with E-state index in [1.54, 1.807) is 0 Å². The number of aryl methyl sites for hydroxylation is 1. The summed E-state index contributed by atoms with van der Waals surface area (Å²) in [6.07, 6.45) is 0.926. The van der Waals surface area contributed by atoms with Crippen molar-refractivity contribution >= 4 is 28.9 Å². The maximum absolute atomic E-state index is 12.3. The highest BCUT2D eigenvalue weighted by molar-refractivity contribution is 7.13. The van der Waals surface area contributed by atoms with Crippen LogP contribution >= 0.6 is 11.3 Å². The van der Waals surface area contributed by atoms with E-state index in [-0.39, 0.29) is 17.5 Å². The van der Waals surface area contributed by atoms with Gasteiger partial charge in [0.05, 0.1) is 17.2 Å². The molecule has 0 aliphatic carbocycles. The van der Waals surface area contributed by atoms with Crippen LogP contribution in [0.1, 0.15) is 43.2 Å². The van der Waals surface area contributed by atoms with Crippen molar-refractivity contribution in [2.24, 2.45) is 0 Å². The molecule has 0 unspecified atom stereocenters. The molecular formula is C20H16N4O3S.